The highest BCUT2D eigenvalue weighted by atomic mass is 31.2. The molecule has 0 saturated carbocycles. The van der Waals surface area contributed by atoms with Crippen LogP contribution in [0, 0.1) is 15.5 Å². The summed E-state index contributed by atoms with van der Waals surface area (Å²) in [7, 11) is -2.78. The first kappa shape index (κ1) is 32.4. The van der Waals surface area contributed by atoms with Crippen molar-refractivity contribution in [2.45, 2.75) is 51.4 Å². The van der Waals surface area contributed by atoms with E-state index in [1.165, 1.54) is 33.9 Å². The van der Waals surface area contributed by atoms with E-state index in [0.717, 1.165) is 10.7 Å². The molecule has 6 atom stereocenters. The summed E-state index contributed by atoms with van der Waals surface area (Å²) in [5.41, 5.74) is 5.17. The number of hydrogen-bond donors (Lipinski definition) is 4. The van der Waals surface area contributed by atoms with Gasteiger partial charge in [0.1, 0.15) is 31.4 Å². The van der Waals surface area contributed by atoms with Crippen LogP contribution in [-0.4, -0.2) is 70.5 Å². The van der Waals surface area contributed by atoms with Crippen molar-refractivity contribution in [1.29, 1.82) is 0 Å². The SMILES string of the molecule is Cn1c[n+]([C@@H]2O[C@H](COP(=O)(O)n3ccnc3)C(O)[C@@H]2OCOC(c2ccccc2[N+](=O)[O-])C(C)(C)C)c2nc(N)[nH]c(=O)c21. The van der Waals surface area contributed by atoms with Crippen molar-refractivity contribution in [3.05, 3.63) is 75.3 Å². The normalized spacial score (nSPS) is 22.4. The van der Waals surface area contributed by atoms with Crippen LogP contribution >= 0.6 is 7.75 Å². The van der Waals surface area contributed by atoms with Gasteiger partial charge in [-0.25, -0.2) is 18.5 Å². The van der Waals surface area contributed by atoms with Gasteiger partial charge in [-0.05, 0) is 11.5 Å². The maximum atomic E-state index is 12.7. The molecule has 1 aliphatic rings. The molecule has 0 aliphatic carbocycles. The summed E-state index contributed by atoms with van der Waals surface area (Å²) in [5, 5.41) is 23.1. The number of hydrogen-bond acceptors (Lipinski definition) is 12. The molecule has 242 valence electrons. The number of nitro groups is 1. The van der Waals surface area contributed by atoms with Gasteiger partial charge in [-0.15, -0.1) is 0 Å². The van der Waals surface area contributed by atoms with Gasteiger partial charge >= 0.3 is 13.4 Å². The second-order valence-electron chi connectivity index (χ2n) is 11.5. The molecule has 1 aliphatic heterocycles. The highest BCUT2D eigenvalue weighted by Crippen LogP contribution is 2.44. The third kappa shape index (κ3) is 6.53. The van der Waals surface area contributed by atoms with Crippen molar-refractivity contribution < 1.29 is 42.8 Å². The zero-order valence-electron chi connectivity index (χ0n) is 24.8. The van der Waals surface area contributed by atoms with Crippen LogP contribution in [0.4, 0.5) is 11.6 Å². The molecule has 4 heterocycles. The summed E-state index contributed by atoms with van der Waals surface area (Å²) in [6.07, 6.45) is -0.618. The average molecular weight is 650 g/mol. The Kier molecular flexibility index (Phi) is 8.92. The number of nitrogens with zero attached hydrogens (tertiary/aromatic N) is 6. The third-order valence-electron chi connectivity index (χ3n) is 7.26. The number of benzene rings is 1. The van der Waals surface area contributed by atoms with Gasteiger partial charge in [0.05, 0.1) is 30.2 Å². The predicted molar refractivity (Wildman–Crippen MR) is 155 cm³/mol. The number of rotatable bonds is 11. The Labute approximate surface area is 255 Å². The number of nitro benzene ring substituents is 1. The number of imidazole rings is 2. The molecule has 1 aromatic carbocycles. The van der Waals surface area contributed by atoms with E-state index >= 15 is 0 Å². The fourth-order valence-corrected chi connectivity index (χ4v) is 6.11. The monoisotopic (exact) mass is 649 g/mol. The first-order valence-corrected chi connectivity index (χ1v) is 15.2. The number of aryl methyl sites for hydroxylation is 1. The van der Waals surface area contributed by atoms with E-state index in [2.05, 4.69) is 15.0 Å². The van der Waals surface area contributed by atoms with Crippen LogP contribution in [0.25, 0.3) is 11.2 Å². The number of aliphatic hydroxyl groups is 1. The molecular formula is C26H34N8O10P+. The zero-order chi connectivity index (χ0) is 32.7. The molecule has 18 nitrogen and oxygen atoms in total. The Bertz CT molecular complexity index is 1790. The largest absolute Gasteiger partial charge is 0.437 e. The maximum absolute atomic E-state index is 12.7. The third-order valence-corrected chi connectivity index (χ3v) is 8.57. The number of fused-ring (bicyclic) bond motifs is 1. The summed E-state index contributed by atoms with van der Waals surface area (Å²) >= 11 is 0. The van der Waals surface area contributed by atoms with Gasteiger partial charge in [-0.1, -0.05) is 37.9 Å². The van der Waals surface area contributed by atoms with Crippen LogP contribution in [0.2, 0.25) is 0 Å². The number of nitrogens with two attached hydrogens (primary N) is 1. The lowest BCUT2D eigenvalue weighted by molar-refractivity contribution is -0.746. The molecule has 0 bridgehead atoms. The van der Waals surface area contributed by atoms with Crippen LogP contribution in [0.15, 0.2) is 54.1 Å². The number of ether oxygens (including phenoxy) is 3. The van der Waals surface area contributed by atoms with Gasteiger partial charge in [0.15, 0.2) is 6.33 Å². The van der Waals surface area contributed by atoms with Crippen molar-refractivity contribution in [1.82, 2.24) is 23.9 Å². The minimum absolute atomic E-state index is 0.116. The zero-order valence-corrected chi connectivity index (χ0v) is 25.7. The molecule has 0 spiro atoms. The molecular weight excluding hydrogens is 615 g/mol. The summed E-state index contributed by atoms with van der Waals surface area (Å²) in [5.74, 6) is -0.161. The Hall–Kier alpha value is -4.03. The van der Waals surface area contributed by atoms with E-state index in [4.69, 9.17) is 24.5 Å². The van der Waals surface area contributed by atoms with Gasteiger partial charge < -0.3 is 29.9 Å². The molecule has 4 aromatic rings. The fraction of sp³-hybridized carbons (Fsp3) is 0.462. The molecule has 3 aromatic heterocycles. The topological polar surface area (TPSA) is 236 Å². The van der Waals surface area contributed by atoms with Gasteiger partial charge in [-0.2, -0.15) is 0 Å². The fourth-order valence-electron chi connectivity index (χ4n) is 5.22. The highest BCUT2D eigenvalue weighted by Gasteiger charge is 2.50. The summed E-state index contributed by atoms with van der Waals surface area (Å²) in [4.78, 5) is 44.7. The summed E-state index contributed by atoms with van der Waals surface area (Å²) < 4.78 is 40.0. The molecule has 19 heteroatoms. The van der Waals surface area contributed by atoms with E-state index in [-0.39, 0.29) is 22.8 Å². The van der Waals surface area contributed by atoms with E-state index in [9.17, 15) is 29.5 Å². The Morgan fingerprint density at radius 3 is 2.73 bits per heavy atom. The van der Waals surface area contributed by atoms with Crippen LogP contribution in [-0.2, 0) is 30.3 Å². The number of anilines is 1. The highest BCUT2D eigenvalue weighted by molar-refractivity contribution is 7.51. The van der Waals surface area contributed by atoms with Crippen molar-refractivity contribution >= 4 is 30.5 Å². The Balaban J connectivity index is 1.44. The van der Waals surface area contributed by atoms with Gasteiger partial charge in [0, 0.05) is 18.5 Å². The van der Waals surface area contributed by atoms with Crippen LogP contribution in [0.1, 0.15) is 38.7 Å². The van der Waals surface area contributed by atoms with E-state index in [0.29, 0.717) is 5.56 Å². The molecule has 0 amide bonds. The van der Waals surface area contributed by atoms with Gasteiger partial charge in [0.2, 0.25) is 11.7 Å². The molecule has 1 saturated heterocycles. The minimum Gasteiger partial charge on any atom is -0.387 e. The van der Waals surface area contributed by atoms with E-state index in [1.807, 2.05) is 20.8 Å². The molecule has 3 unspecified atom stereocenters. The van der Waals surface area contributed by atoms with Crippen LogP contribution in [0.5, 0.6) is 0 Å². The first-order valence-electron chi connectivity index (χ1n) is 13.7. The summed E-state index contributed by atoms with van der Waals surface area (Å²) in [6, 6.07) is 6.21. The van der Waals surface area contributed by atoms with Crippen LogP contribution < -0.4 is 15.9 Å². The van der Waals surface area contributed by atoms with Crippen LogP contribution in [0.3, 0.4) is 0 Å². The number of aromatic nitrogens is 6. The lowest BCUT2D eigenvalue weighted by Gasteiger charge is -2.31. The smallest absolute Gasteiger partial charge is 0.387 e. The predicted octanol–water partition coefficient (Wildman–Crippen LogP) is 1.31. The summed E-state index contributed by atoms with van der Waals surface area (Å²) in [6.45, 7) is 4.58. The molecule has 0 radical (unpaired) electrons. The Morgan fingerprint density at radius 1 is 1.33 bits per heavy atom. The lowest BCUT2D eigenvalue weighted by atomic mass is 9.84. The number of nitrogens with one attached hydrogen (secondary N) is 1. The number of aromatic amines is 1. The van der Waals surface area contributed by atoms with Crippen molar-refractivity contribution in [3.63, 3.8) is 0 Å². The van der Waals surface area contributed by atoms with E-state index < -0.39 is 67.7 Å². The number of para-hydroxylation sites is 1. The Morgan fingerprint density at radius 2 is 2.07 bits per heavy atom. The second kappa shape index (κ2) is 12.4. The van der Waals surface area contributed by atoms with Gasteiger partial charge in [0.25, 0.3) is 17.2 Å². The quantitative estimate of drug-likeness (QED) is 0.0590. The minimum atomic E-state index is -4.38. The maximum Gasteiger partial charge on any atom is 0.437 e. The standard InChI is InChI=1S/C26H33N8O10P/c1-26(2,3)21(15-7-5-6-8-16(15)34(37)38)42-14-41-20-19(35)17(11-43-45(39,40)32-10-9-28-12-32)44-24(20)33-13-31(4)18-22(33)29-25(27)30-23(18)36/h5-10,12-13,17,19-21,24,35H,11,14H2,1-4H3,(H3-,27,29,30,36,39,40)/p+1/t17-,19?,20+,21?,24-/m1/s1. The van der Waals surface area contributed by atoms with E-state index in [1.54, 1.807) is 25.2 Å². The average Bonchev–Trinajstić information content (AvgIpc) is 3.68. The molecule has 5 N–H and O–H groups in total. The molecule has 5 rings (SSSR count). The number of nitrogen functional groups attached to an aromatic ring is 1. The van der Waals surface area contributed by atoms with Crippen molar-refractivity contribution in [2.75, 3.05) is 19.1 Å². The molecule has 1 fully saturated rings. The van der Waals surface area contributed by atoms with Crippen molar-refractivity contribution in [2.24, 2.45) is 12.5 Å². The number of aliphatic hydroxyl groups excluding tert-OH is 1. The van der Waals surface area contributed by atoms with Crippen molar-refractivity contribution in [3.8, 4) is 0 Å². The number of H-pyrrole nitrogens is 1. The lowest BCUT2D eigenvalue weighted by Crippen LogP contribution is -2.47. The second-order valence-corrected chi connectivity index (χ2v) is 13.2. The molecule has 45 heavy (non-hydrogen) atoms. The van der Waals surface area contributed by atoms with Gasteiger partial charge in [-0.3, -0.25) is 29.0 Å². The first-order chi connectivity index (χ1) is 21.2.